The van der Waals surface area contributed by atoms with Gasteiger partial charge in [0.15, 0.2) is 0 Å². The van der Waals surface area contributed by atoms with Crippen LogP contribution in [0.25, 0.3) is 33.7 Å². The molecule has 0 saturated carbocycles. The highest BCUT2D eigenvalue weighted by molar-refractivity contribution is 6.35. The van der Waals surface area contributed by atoms with Crippen molar-refractivity contribution in [3.8, 4) is 28.5 Å². The first-order chi connectivity index (χ1) is 16.3. The molecule has 0 aromatic carbocycles. The summed E-state index contributed by atoms with van der Waals surface area (Å²) in [5, 5.41) is 4.65. The zero-order chi connectivity index (χ0) is 23.9. The maximum Gasteiger partial charge on any atom is 0.227 e. The molecule has 0 unspecified atom stereocenters. The van der Waals surface area contributed by atoms with Crippen LogP contribution >= 0.6 is 11.6 Å². The van der Waals surface area contributed by atoms with E-state index in [9.17, 15) is 0 Å². The standard InChI is InChI=1S/C24H23ClN8O/c1-24(2,3)22-32-19(13-9-15-16(25)12-29-21(15)28-11-13)20(33-22)17-6-8-27-23(31-17)30-14-5-7-26-18(10-14)34-4/h5-12H,1-4H3,(H,28,29)(H,32,33)(H,26,27,30,31). The number of rotatable bonds is 5. The number of nitrogens with zero attached hydrogens (tertiary/aromatic N) is 5. The Labute approximate surface area is 201 Å². The largest absolute Gasteiger partial charge is 0.481 e. The van der Waals surface area contributed by atoms with Gasteiger partial charge in [0.25, 0.3) is 0 Å². The second-order valence-corrected chi connectivity index (χ2v) is 9.20. The molecule has 3 N–H and O–H groups in total. The summed E-state index contributed by atoms with van der Waals surface area (Å²) in [6.45, 7) is 6.31. The van der Waals surface area contributed by atoms with Crippen molar-refractivity contribution < 1.29 is 4.74 Å². The maximum absolute atomic E-state index is 6.34. The van der Waals surface area contributed by atoms with E-state index in [1.165, 1.54) is 0 Å². The molecule has 0 atom stereocenters. The summed E-state index contributed by atoms with van der Waals surface area (Å²) in [5.41, 5.74) is 4.34. The summed E-state index contributed by atoms with van der Waals surface area (Å²) in [6, 6.07) is 7.42. The number of hydrogen-bond acceptors (Lipinski definition) is 7. The van der Waals surface area contributed by atoms with Crippen LogP contribution in [0.4, 0.5) is 11.6 Å². The molecule has 0 aliphatic heterocycles. The number of nitrogens with one attached hydrogen (secondary N) is 3. The zero-order valence-corrected chi connectivity index (χ0v) is 19.9. The van der Waals surface area contributed by atoms with Crippen molar-refractivity contribution in [2.24, 2.45) is 0 Å². The third-order valence-electron chi connectivity index (χ3n) is 5.28. The van der Waals surface area contributed by atoms with E-state index < -0.39 is 0 Å². The molecule has 0 amide bonds. The molecule has 172 valence electrons. The molecule has 5 heterocycles. The van der Waals surface area contributed by atoms with Gasteiger partial charge in [-0.15, -0.1) is 0 Å². The fourth-order valence-electron chi connectivity index (χ4n) is 3.51. The Hall–Kier alpha value is -3.98. The fourth-order valence-corrected chi connectivity index (χ4v) is 3.71. The quantitative estimate of drug-likeness (QED) is 0.307. The topological polar surface area (TPSA) is 117 Å². The average molecular weight is 475 g/mol. The molecular formula is C24H23ClN8O. The van der Waals surface area contributed by atoms with Crippen LogP contribution in [0.15, 0.2) is 49.1 Å². The zero-order valence-electron chi connectivity index (χ0n) is 19.1. The molecule has 10 heteroatoms. The number of H-pyrrole nitrogens is 2. The lowest BCUT2D eigenvalue weighted by Gasteiger charge is -2.14. The summed E-state index contributed by atoms with van der Waals surface area (Å²) in [4.78, 5) is 29.2. The Balaban J connectivity index is 1.59. The molecule has 5 aromatic rings. The lowest BCUT2D eigenvalue weighted by molar-refractivity contribution is 0.398. The number of hydrogen-bond donors (Lipinski definition) is 3. The third kappa shape index (κ3) is 4.17. The predicted octanol–water partition coefficient (Wildman–Crippen LogP) is 5.51. The monoisotopic (exact) mass is 474 g/mol. The van der Waals surface area contributed by atoms with Crippen molar-refractivity contribution in [1.29, 1.82) is 0 Å². The lowest BCUT2D eigenvalue weighted by atomic mass is 9.96. The van der Waals surface area contributed by atoms with Gasteiger partial charge in [-0.05, 0) is 18.2 Å². The Kier molecular flexibility index (Phi) is 5.41. The van der Waals surface area contributed by atoms with E-state index in [1.54, 1.807) is 38.0 Å². The number of methoxy groups -OCH3 is 1. The number of pyridine rings is 2. The van der Waals surface area contributed by atoms with Crippen molar-refractivity contribution in [2.75, 3.05) is 12.4 Å². The summed E-state index contributed by atoms with van der Waals surface area (Å²) in [6.07, 6.45) is 6.87. The Morgan fingerprint density at radius 1 is 1.03 bits per heavy atom. The van der Waals surface area contributed by atoms with Crippen molar-refractivity contribution >= 4 is 34.3 Å². The Morgan fingerprint density at radius 3 is 2.65 bits per heavy atom. The minimum Gasteiger partial charge on any atom is -0.481 e. The molecule has 0 saturated heterocycles. The van der Waals surface area contributed by atoms with Gasteiger partial charge in [0.05, 0.1) is 29.2 Å². The van der Waals surface area contributed by atoms with Gasteiger partial charge < -0.3 is 20.0 Å². The van der Waals surface area contributed by atoms with Gasteiger partial charge in [0.1, 0.15) is 11.5 Å². The number of aromatic amines is 2. The summed E-state index contributed by atoms with van der Waals surface area (Å²) in [7, 11) is 1.57. The molecular weight excluding hydrogens is 452 g/mol. The number of ether oxygens (including phenoxy) is 1. The van der Waals surface area contributed by atoms with Crippen molar-refractivity contribution in [3.63, 3.8) is 0 Å². The second-order valence-electron chi connectivity index (χ2n) is 8.79. The van der Waals surface area contributed by atoms with Gasteiger partial charge in [-0.2, -0.15) is 0 Å². The van der Waals surface area contributed by atoms with Crippen molar-refractivity contribution in [2.45, 2.75) is 26.2 Å². The van der Waals surface area contributed by atoms with Crippen LogP contribution in [-0.2, 0) is 5.41 Å². The Bertz CT molecular complexity index is 1480. The highest BCUT2D eigenvalue weighted by Crippen LogP contribution is 2.35. The van der Waals surface area contributed by atoms with Crippen LogP contribution in [0.1, 0.15) is 26.6 Å². The first-order valence-corrected chi connectivity index (χ1v) is 11.0. The van der Waals surface area contributed by atoms with Gasteiger partial charge in [0.2, 0.25) is 11.8 Å². The van der Waals surface area contributed by atoms with Gasteiger partial charge >= 0.3 is 0 Å². The lowest BCUT2D eigenvalue weighted by Crippen LogP contribution is -2.13. The second kappa shape index (κ2) is 8.42. The van der Waals surface area contributed by atoms with Crippen LogP contribution in [0.3, 0.4) is 0 Å². The normalized spacial score (nSPS) is 11.7. The molecule has 0 spiro atoms. The number of imidazole rings is 1. The van der Waals surface area contributed by atoms with E-state index in [0.29, 0.717) is 22.5 Å². The van der Waals surface area contributed by atoms with E-state index in [-0.39, 0.29) is 5.41 Å². The molecule has 0 fully saturated rings. The number of aromatic nitrogens is 7. The minimum absolute atomic E-state index is 0.196. The molecule has 5 aromatic heterocycles. The first-order valence-electron chi connectivity index (χ1n) is 10.7. The molecule has 5 rings (SSSR count). The molecule has 0 bridgehead atoms. The summed E-state index contributed by atoms with van der Waals surface area (Å²) in [5.74, 6) is 1.77. The van der Waals surface area contributed by atoms with E-state index >= 15 is 0 Å². The van der Waals surface area contributed by atoms with E-state index in [0.717, 1.165) is 39.5 Å². The molecule has 0 radical (unpaired) electrons. The van der Waals surface area contributed by atoms with Crippen molar-refractivity contribution in [1.82, 2.24) is 34.9 Å². The maximum atomic E-state index is 6.34. The smallest absolute Gasteiger partial charge is 0.227 e. The van der Waals surface area contributed by atoms with E-state index in [1.807, 2.05) is 18.2 Å². The number of halogens is 1. The third-order valence-corrected chi connectivity index (χ3v) is 5.59. The SMILES string of the molecule is COc1cc(Nc2nccc(-c3[nH]c(C(C)(C)C)nc3-c3cnc4[nH]cc(Cl)c4c3)n2)ccn1. The van der Waals surface area contributed by atoms with Gasteiger partial charge in [-0.1, -0.05) is 32.4 Å². The first kappa shape index (κ1) is 21.8. The molecule has 0 aliphatic carbocycles. The van der Waals surface area contributed by atoms with Gasteiger partial charge in [-0.3, -0.25) is 0 Å². The van der Waals surface area contributed by atoms with Crippen LogP contribution in [-0.4, -0.2) is 42.0 Å². The number of fused-ring (bicyclic) bond motifs is 1. The Morgan fingerprint density at radius 2 is 1.85 bits per heavy atom. The van der Waals surface area contributed by atoms with E-state index in [4.69, 9.17) is 26.3 Å². The van der Waals surface area contributed by atoms with Crippen LogP contribution in [0.5, 0.6) is 5.88 Å². The highest BCUT2D eigenvalue weighted by Gasteiger charge is 2.24. The fraction of sp³-hybridized carbons (Fsp3) is 0.208. The summed E-state index contributed by atoms with van der Waals surface area (Å²) >= 11 is 6.34. The minimum atomic E-state index is -0.196. The van der Waals surface area contributed by atoms with Crippen LogP contribution < -0.4 is 10.1 Å². The highest BCUT2D eigenvalue weighted by atomic mass is 35.5. The predicted molar refractivity (Wildman–Crippen MR) is 132 cm³/mol. The number of anilines is 2. The van der Waals surface area contributed by atoms with E-state index in [2.05, 4.69) is 51.0 Å². The average Bonchev–Trinajstić information content (AvgIpc) is 3.44. The molecule has 34 heavy (non-hydrogen) atoms. The van der Waals surface area contributed by atoms with Crippen LogP contribution in [0, 0.1) is 0 Å². The van der Waals surface area contributed by atoms with Gasteiger partial charge in [-0.25, -0.2) is 24.9 Å². The van der Waals surface area contributed by atoms with Crippen molar-refractivity contribution in [3.05, 3.63) is 59.9 Å². The molecule has 9 nitrogen and oxygen atoms in total. The van der Waals surface area contributed by atoms with Crippen LogP contribution in [0.2, 0.25) is 5.02 Å². The molecule has 0 aliphatic rings. The van der Waals surface area contributed by atoms with Gasteiger partial charge in [0, 0.05) is 52.9 Å². The summed E-state index contributed by atoms with van der Waals surface area (Å²) < 4.78 is 5.20.